The van der Waals surface area contributed by atoms with Gasteiger partial charge >= 0.3 is 0 Å². The summed E-state index contributed by atoms with van der Waals surface area (Å²) in [6, 6.07) is 4.39. The molecule has 0 amide bonds. The van der Waals surface area contributed by atoms with E-state index in [1.807, 2.05) is 13.1 Å². The molecule has 2 N–H and O–H groups in total. The van der Waals surface area contributed by atoms with E-state index in [4.69, 9.17) is 5.73 Å². The Kier molecular flexibility index (Phi) is 4.56. The van der Waals surface area contributed by atoms with Gasteiger partial charge in [0.1, 0.15) is 5.82 Å². The standard InChI is InChI=1S/C12H21N3/c1-4-15(5-2)12-7-6-11(9-14-12)8-10(3)13/h6-7,9-10H,4-5,8,13H2,1-3H3. The zero-order valence-corrected chi connectivity index (χ0v) is 9.90. The first-order valence-corrected chi connectivity index (χ1v) is 5.62. The molecule has 0 aliphatic carbocycles. The highest BCUT2D eigenvalue weighted by molar-refractivity contribution is 5.38. The smallest absolute Gasteiger partial charge is 0.128 e. The summed E-state index contributed by atoms with van der Waals surface area (Å²) in [6.45, 7) is 8.28. The van der Waals surface area contributed by atoms with Crippen LogP contribution in [-0.2, 0) is 6.42 Å². The largest absolute Gasteiger partial charge is 0.357 e. The molecule has 1 heterocycles. The first-order chi connectivity index (χ1) is 7.17. The number of hydrogen-bond donors (Lipinski definition) is 1. The third kappa shape index (κ3) is 3.51. The molecule has 15 heavy (non-hydrogen) atoms. The third-order valence-electron chi connectivity index (χ3n) is 2.45. The van der Waals surface area contributed by atoms with Crippen molar-refractivity contribution < 1.29 is 0 Å². The SMILES string of the molecule is CCN(CC)c1ccc(CC(C)N)cn1. The second kappa shape index (κ2) is 5.71. The predicted molar refractivity (Wildman–Crippen MR) is 65.2 cm³/mol. The van der Waals surface area contributed by atoms with Gasteiger partial charge in [-0.05, 0) is 38.8 Å². The second-order valence-electron chi connectivity index (χ2n) is 3.88. The maximum atomic E-state index is 5.74. The predicted octanol–water partition coefficient (Wildman–Crippen LogP) is 1.82. The topological polar surface area (TPSA) is 42.1 Å². The van der Waals surface area contributed by atoms with Crippen LogP contribution in [0, 0.1) is 0 Å². The van der Waals surface area contributed by atoms with Gasteiger partial charge in [-0.3, -0.25) is 0 Å². The van der Waals surface area contributed by atoms with Crippen molar-refractivity contribution in [3.63, 3.8) is 0 Å². The van der Waals surface area contributed by atoms with Gasteiger partial charge in [0.25, 0.3) is 0 Å². The van der Waals surface area contributed by atoms with Crippen molar-refractivity contribution in [3.8, 4) is 0 Å². The second-order valence-corrected chi connectivity index (χ2v) is 3.88. The summed E-state index contributed by atoms with van der Waals surface area (Å²) in [4.78, 5) is 6.68. The number of anilines is 1. The molecule has 1 rings (SSSR count). The summed E-state index contributed by atoms with van der Waals surface area (Å²) in [5.74, 6) is 1.05. The van der Waals surface area contributed by atoms with E-state index < -0.39 is 0 Å². The molecule has 0 bridgehead atoms. The molecule has 3 nitrogen and oxygen atoms in total. The van der Waals surface area contributed by atoms with E-state index in [0.29, 0.717) is 0 Å². The van der Waals surface area contributed by atoms with E-state index in [1.165, 1.54) is 5.56 Å². The zero-order chi connectivity index (χ0) is 11.3. The van der Waals surface area contributed by atoms with Gasteiger partial charge in [-0.25, -0.2) is 4.98 Å². The first-order valence-electron chi connectivity index (χ1n) is 5.62. The summed E-state index contributed by atoms with van der Waals surface area (Å²) in [5, 5.41) is 0. The van der Waals surface area contributed by atoms with Gasteiger partial charge in [-0.2, -0.15) is 0 Å². The fourth-order valence-electron chi connectivity index (χ4n) is 1.64. The Morgan fingerprint density at radius 3 is 2.40 bits per heavy atom. The maximum Gasteiger partial charge on any atom is 0.128 e. The summed E-state index contributed by atoms with van der Waals surface area (Å²) < 4.78 is 0. The Morgan fingerprint density at radius 1 is 1.33 bits per heavy atom. The Labute approximate surface area is 92.3 Å². The van der Waals surface area contributed by atoms with Crippen LogP contribution < -0.4 is 10.6 Å². The van der Waals surface area contributed by atoms with Crippen molar-refractivity contribution in [3.05, 3.63) is 23.9 Å². The van der Waals surface area contributed by atoms with Crippen molar-refractivity contribution in [2.45, 2.75) is 33.2 Å². The van der Waals surface area contributed by atoms with Crippen LogP contribution in [0.3, 0.4) is 0 Å². The van der Waals surface area contributed by atoms with Crippen LogP contribution >= 0.6 is 0 Å². The Bertz CT molecular complexity index is 275. The molecule has 1 atom stereocenters. The monoisotopic (exact) mass is 207 g/mol. The average molecular weight is 207 g/mol. The highest BCUT2D eigenvalue weighted by atomic mass is 15.2. The Hall–Kier alpha value is -1.09. The highest BCUT2D eigenvalue weighted by Gasteiger charge is 2.03. The van der Waals surface area contributed by atoms with Crippen LogP contribution in [0.15, 0.2) is 18.3 Å². The number of pyridine rings is 1. The molecule has 0 saturated heterocycles. The molecule has 0 spiro atoms. The lowest BCUT2D eigenvalue weighted by Crippen LogP contribution is -2.23. The van der Waals surface area contributed by atoms with Crippen molar-refractivity contribution in [1.29, 1.82) is 0 Å². The molecule has 0 radical (unpaired) electrons. The summed E-state index contributed by atoms with van der Waals surface area (Å²) in [6.07, 6.45) is 2.82. The van der Waals surface area contributed by atoms with Crippen LogP contribution in [0.1, 0.15) is 26.3 Å². The van der Waals surface area contributed by atoms with Crippen LogP contribution in [-0.4, -0.2) is 24.1 Å². The fraction of sp³-hybridized carbons (Fsp3) is 0.583. The Balaban J connectivity index is 2.71. The number of nitrogens with zero attached hydrogens (tertiary/aromatic N) is 2. The molecule has 0 saturated carbocycles. The van der Waals surface area contributed by atoms with E-state index in [-0.39, 0.29) is 6.04 Å². The molecule has 0 fully saturated rings. The van der Waals surface area contributed by atoms with Gasteiger partial charge in [-0.15, -0.1) is 0 Å². The quantitative estimate of drug-likeness (QED) is 0.800. The lowest BCUT2D eigenvalue weighted by Gasteiger charge is -2.19. The molecule has 3 heteroatoms. The highest BCUT2D eigenvalue weighted by Crippen LogP contribution is 2.11. The van der Waals surface area contributed by atoms with E-state index in [1.54, 1.807) is 0 Å². The average Bonchev–Trinajstić information content (AvgIpc) is 2.21. The van der Waals surface area contributed by atoms with Gasteiger partial charge < -0.3 is 10.6 Å². The van der Waals surface area contributed by atoms with Crippen LogP contribution in [0.25, 0.3) is 0 Å². The zero-order valence-electron chi connectivity index (χ0n) is 9.90. The summed E-state index contributed by atoms with van der Waals surface area (Å²) >= 11 is 0. The molecule has 0 aromatic carbocycles. The minimum absolute atomic E-state index is 0.200. The van der Waals surface area contributed by atoms with Crippen LogP contribution in [0.5, 0.6) is 0 Å². The summed E-state index contributed by atoms with van der Waals surface area (Å²) in [5.41, 5.74) is 6.95. The maximum absolute atomic E-state index is 5.74. The van der Waals surface area contributed by atoms with Gasteiger partial charge in [0.05, 0.1) is 0 Å². The summed E-state index contributed by atoms with van der Waals surface area (Å²) in [7, 11) is 0. The number of aromatic nitrogens is 1. The molecule has 1 aromatic heterocycles. The van der Waals surface area contributed by atoms with Gasteiger partial charge in [0.15, 0.2) is 0 Å². The molecule has 0 aliphatic rings. The van der Waals surface area contributed by atoms with E-state index >= 15 is 0 Å². The molecule has 84 valence electrons. The first kappa shape index (κ1) is 12.0. The van der Waals surface area contributed by atoms with E-state index in [0.717, 1.165) is 25.3 Å². The van der Waals surface area contributed by atoms with Gasteiger partial charge in [0.2, 0.25) is 0 Å². The molecule has 0 aliphatic heterocycles. The Morgan fingerprint density at radius 2 is 2.00 bits per heavy atom. The molecule has 1 unspecified atom stereocenters. The van der Waals surface area contributed by atoms with Crippen molar-refractivity contribution in [2.75, 3.05) is 18.0 Å². The van der Waals surface area contributed by atoms with Crippen molar-refractivity contribution in [2.24, 2.45) is 5.73 Å². The van der Waals surface area contributed by atoms with E-state index in [9.17, 15) is 0 Å². The molecular formula is C12H21N3. The van der Waals surface area contributed by atoms with E-state index in [2.05, 4.69) is 35.9 Å². The lowest BCUT2D eigenvalue weighted by atomic mass is 10.1. The number of nitrogens with two attached hydrogens (primary N) is 1. The normalized spacial score (nSPS) is 12.5. The number of rotatable bonds is 5. The van der Waals surface area contributed by atoms with Crippen molar-refractivity contribution in [1.82, 2.24) is 4.98 Å². The van der Waals surface area contributed by atoms with Gasteiger partial charge in [-0.1, -0.05) is 6.07 Å². The number of hydrogen-bond acceptors (Lipinski definition) is 3. The van der Waals surface area contributed by atoms with Crippen LogP contribution in [0.2, 0.25) is 0 Å². The minimum atomic E-state index is 0.200. The third-order valence-corrected chi connectivity index (χ3v) is 2.45. The van der Waals surface area contributed by atoms with Crippen molar-refractivity contribution >= 4 is 5.82 Å². The van der Waals surface area contributed by atoms with Crippen LogP contribution in [0.4, 0.5) is 5.82 Å². The fourth-order valence-corrected chi connectivity index (χ4v) is 1.64. The molecule has 1 aromatic rings. The molecular weight excluding hydrogens is 186 g/mol. The lowest BCUT2D eigenvalue weighted by molar-refractivity contribution is 0.734. The van der Waals surface area contributed by atoms with Gasteiger partial charge in [0, 0.05) is 25.3 Å². The minimum Gasteiger partial charge on any atom is -0.357 e.